The van der Waals surface area contributed by atoms with Crippen LogP contribution in [0.2, 0.25) is 0 Å². The van der Waals surface area contributed by atoms with E-state index < -0.39 is 5.41 Å². The van der Waals surface area contributed by atoms with Crippen molar-refractivity contribution < 1.29 is 4.74 Å². The zero-order valence-corrected chi connectivity index (χ0v) is 32.2. The van der Waals surface area contributed by atoms with E-state index in [0.29, 0.717) is 0 Å². The fraction of sp³-hybridized carbons (Fsp3) is 0.0175. The molecule has 10 aromatic carbocycles. The molecule has 1 unspecified atom stereocenters. The number of nitrogens with zero attached hydrogens (tertiary/aromatic N) is 1. The van der Waals surface area contributed by atoms with Crippen LogP contribution in [0.4, 0.5) is 17.1 Å². The molecule has 0 saturated heterocycles. The van der Waals surface area contributed by atoms with Crippen molar-refractivity contribution in [2.24, 2.45) is 0 Å². The fourth-order valence-electron chi connectivity index (χ4n) is 9.94. The lowest BCUT2D eigenvalue weighted by molar-refractivity contribution is 0.436. The Morgan fingerprint density at radius 3 is 1.75 bits per heavy atom. The van der Waals surface area contributed by atoms with Gasteiger partial charge in [0.05, 0.1) is 11.1 Å². The van der Waals surface area contributed by atoms with E-state index in [-0.39, 0.29) is 0 Å². The van der Waals surface area contributed by atoms with Crippen molar-refractivity contribution in [2.75, 3.05) is 4.90 Å². The Kier molecular flexibility index (Phi) is 7.48. The summed E-state index contributed by atoms with van der Waals surface area (Å²) < 4.78 is 6.97. The van der Waals surface area contributed by atoms with E-state index >= 15 is 0 Å². The Labute approximate surface area is 343 Å². The number of hydrogen-bond acceptors (Lipinski definition) is 2. The monoisotopic (exact) mass is 751 g/mol. The quantitative estimate of drug-likeness (QED) is 0.174. The van der Waals surface area contributed by atoms with E-state index in [2.05, 4.69) is 229 Å². The summed E-state index contributed by atoms with van der Waals surface area (Å²) in [5.74, 6) is 1.76. The van der Waals surface area contributed by atoms with Gasteiger partial charge in [-0.25, -0.2) is 0 Å². The van der Waals surface area contributed by atoms with Crippen LogP contribution >= 0.6 is 0 Å². The van der Waals surface area contributed by atoms with Gasteiger partial charge in [0.25, 0.3) is 0 Å². The second kappa shape index (κ2) is 13.2. The maximum atomic E-state index is 6.97. The van der Waals surface area contributed by atoms with E-state index in [9.17, 15) is 0 Å². The zero-order chi connectivity index (χ0) is 38.9. The van der Waals surface area contributed by atoms with Crippen molar-refractivity contribution in [1.29, 1.82) is 0 Å². The van der Waals surface area contributed by atoms with Crippen molar-refractivity contribution in [3.8, 4) is 44.9 Å². The maximum Gasteiger partial charge on any atom is 0.132 e. The second-order valence-corrected chi connectivity index (χ2v) is 15.6. The fourth-order valence-corrected chi connectivity index (χ4v) is 9.94. The van der Waals surface area contributed by atoms with Gasteiger partial charge in [-0.3, -0.25) is 0 Å². The van der Waals surface area contributed by atoms with Crippen molar-refractivity contribution in [2.45, 2.75) is 5.41 Å². The molecule has 0 N–H and O–H groups in total. The summed E-state index contributed by atoms with van der Waals surface area (Å²) in [6.45, 7) is 0. The van der Waals surface area contributed by atoms with Crippen LogP contribution in [0.5, 0.6) is 11.5 Å². The molecule has 2 aliphatic rings. The van der Waals surface area contributed by atoms with Gasteiger partial charge in [0.1, 0.15) is 11.5 Å². The average molecular weight is 752 g/mol. The van der Waals surface area contributed by atoms with Crippen LogP contribution in [0, 0.1) is 0 Å². The standard InChI is InChI=1S/C57H37NO/c1-2-14-38(15-3-1)39-28-31-43(32-29-39)58(54-26-13-19-41-17-5-7-21-47(41)54)44-33-34-49-48-22-8-9-24-50(48)57(53(49)37-44)51-25-10-11-27-55(51)59-56-36-42(30-35-52(56)57)46-23-12-18-40-16-4-6-20-45(40)46/h1-37H. The predicted molar refractivity (Wildman–Crippen MR) is 244 cm³/mol. The molecule has 0 saturated carbocycles. The van der Waals surface area contributed by atoms with E-state index in [4.69, 9.17) is 4.74 Å². The minimum Gasteiger partial charge on any atom is -0.457 e. The van der Waals surface area contributed by atoms with Gasteiger partial charge in [0.2, 0.25) is 0 Å². The molecule has 276 valence electrons. The van der Waals surface area contributed by atoms with Crippen LogP contribution < -0.4 is 9.64 Å². The van der Waals surface area contributed by atoms with E-state index in [1.807, 2.05) is 0 Å². The first-order chi connectivity index (χ1) is 29.3. The predicted octanol–water partition coefficient (Wildman–Crippen LogP) is 15.3. The third-order valence-electron chi connectivity index (χ3n) is 12.5. The van der Waals surface area contributed by atoms with Gasteiger partial charge in [-0.1, -0.05) is 182 Å². The number of para-hydroxylation sites is 1. The summed E-state index contributed by atoms with van der Waals surface area (Å²) in [6, 6.07) is 81.7. The number of anilines is 3. The normalized spacial score (nSPS) is 14.6. The van der Waals surface area contributed by atoms with E-state index in [0.717, 1.165) is 45.3 Å². The first-order valence-electron chi connectivity index (χ1n) is 20.3. The van der Waals surface area contributed by atoms with Crippen molar-refractivity contribution in [3.05, 3.63) is 247 Å². The Balaban J connectivity index is 1.11. The number of rotatable bonds is 5. The van der Waals surface area contributed by atoms with Gasteiger partial charge < -0.3 is 9.64 Å². The molecule has 10 aromatic rings. The molecule has 1 heterocycles. The minimum atomic E-state index is -0.620. The van der Waals surface area contributed by atoms with Crippen LogP contribution in [0.25, 0.3) is 54.9 Å². The van der Waals surface area contributed by atoms with Crippen molar-refractivity contribution in [3.63, 3.8) is 0 Å². The molecular weight excluding hydrogens is 715 g/mol. The molecule has 0 radical (unpaired) electrons. The third-order valence-corrected chi connectivity index (χ3v) is 12.5. The Morgan fingerprint density at radius 2 is 0.898 bits per heavy atom. The minimum absolute atomic E-state index is 0.620. The molecule has 2 nitrogen and oxygen atoms in total. The molecule has 1 aliphatic carbocycles. The van der Waals surface area contributed by atoms with Crippen LogP contribution in [0.3, 0.4) is 0 Å². The average Bonchev–Trinajstić information content (AvgIpc) is 3.59. The lowest BCUT2D eigenvalue weighted by atomic mass is 9.66. The van der Waals surface area contributed by atoms with Crippen LogP contribution in [0.15, 0.2) is 224 Å². The number of ether oxygens (including phenoxy) is 1. The largest absolute Gasteiger partial charge is 0.457 e. The first kappa shape index (κ1) is 33.5. The Morgan fingerprint density at radius 1 is 0.322 bits per heavy atom. The van der Waals surface area contributed by atoms with Crippen LogP contribution in [-0.4, -0.2) is 0 Å². The topological polar surface area (TPSA) is 12.5 Å². The highest BCUT2D eigenvalue weighted by molar-refractivity contribution is 6.01. The molecule has 12 rings (SSSR count). The molecule has 0 fully saturated rings. The SMILES string of the molecule is c1ccc(-c2ccc(N(c3ccc4c(c3)C3(c5ccccc5Oc5cc(-c6cccc7ccccc67)ccc53)c3ccccc3-4)c3cccc4ccccc34)cc2)cc1. The number of benzene rings is 10. The van der Waals surface area contributed by atoms with Crippen molar-refractivity contribution in [1.82, 2.24) is 0 Å². The lowest BCUT2D eigenvalue weighted by Gasteiger charge is -2.40. The molecule has 2 heteroatoms. The van der Waals surface area contributed by atoms with Gasteiger partial charge in [0, 0.05) is 27.9 Å². The molecular formula is C57H37NO. The molecule has 0 aromatic heterocycles. The summed E-state index contributed by atoms with van der Waals surface area (Å²) in [7, 11) is 0. The zero-order valence-electron chi connectivity index (χ0n) is 32.2. The summed E-state index contributed by atoms with van der Waals surface area (Å²) >= 11 is 0. The van der Waals surface area contributed by atoms with Crippen LogP contribution in [0.1, 0.15) is 22.3 Å². The highest BCUT2D eigenvalue weighted by atomic mass is 16.5. The highest BCUT2D eigenvalue weighted by Crippen LogP contribution is 2.63. The molecule has 0 bridgehead atoms. The van der Waals surface area contributed by atoms with Crippen LogP contribution in [-0.2, 0) is 5.41 Å². The number of fused-ring (bicyclic) bond motifs is 11. The first-order valence-corrected chi connectivity index (χ1v) is 20.3. The lowest BCUT2D eigenvalue weighted by Crippen LogP contribution is -2.32. The highest BCUT2D eigenvalue weighted by Gasteiger charge is 2.51. The summed E-state index contributed by atoms with van der Waals surface area (Å²) in [6.07, 6.45) is 0. The molecule has 59 heavy (non-hydrogen) atoms. The molecule has 0 amide bonds. The Bertz CT molecular complexity index is 3250. The Hall–Kier alpha value is -7.68. The van der Waals surface area contributed by atoms with Gasteiger partial charge in [-0.15, -0.1) is 0 Å². The summed E-state index contributed by atoms with van der Waals surface area (Å²) in [5.41, 5.74) is 14.7. The summed E-state index contributed by atoms with van der Waals surface area (Å²) in [5, 5.41) is 4.85. The van der Waals surface area contributed by atoms with Crippen molar-refractivity contribution >= 4 is 38.6 Å². The maximum absolute atomic E-state index is 6.97. The third kappa shape index (κ3) is 5.06. The molecule has 1 spiro atoms. The van der Waals surface area contributed by atoms with Gasteiger partial charge in [0.15, 0.2) is 0 Å². The van der Waals surface area contributed by atoms with Gasteiger partial charge in [-0.2, -0.15) is 0 Å². The summed E-state index contributed by atoms with van der Waals surface area (Å²) in [4.78, 5) is 2.43. The molecule has 1 aliphatic heterocycles. The van der Waals surface area contributed by atoms with Gasteiger partial charge in [-0.05, 0) is 103 Å². The van der Waals surface area contributed by atoms with Gasteiger partial charge >= 0.3 is 0 Å². The van der Waals surface area contributed by atoms with E-state index in [1.54, 1.807) is 0 Å². The smallest absolute Gasteiger partial charge is 0.132 e. The number of hydrogen-bond donors (Lipinski definition) is 0. The molecule has 1 atom stereocenters. The second-order valence-electron chi connectivity index (χ2n) is 15.6. The van der Waals surface area contributed by atoms with E-state index in [1.165, 1.54) is 60.5 Å².